The van der Waals surface area contributed by atoms with Gasteiger partial charge in [0, 0.05) is 13.2 Å². The first kappa shape index (κ1) is 11.1. The zero-order valence-corrected chi connectivity index (χ0v) is 9.49. The molecule has 1 aliphatic carbocycles. The van der Waals surface area contributed by atoms with E-state index in [1.807, 2.05) is 12.3 Å². The molecule has 0 aromatic carbocycles. The largest absolute Gasteiger partial charge is 0.358 e. The minimum absolute atomic E-state index is 0.0167. The van der Waals surface area contributed by atoms with Gasteiger partial charge in [-0.1, -0.05) is 6.07 Å². The van der Waals surface area contributed by atoms with E-state index in [0.717, 1.165) is 25.0 Å². The first-order valence-electron chi connectivity index (χ1n) is 5.69. The molecule has 1 aliphatic rings. The Morgan fingerprint density at radius 3 is 3.31 bits per heavy atom. The zero-order valence-electron chi connectivity index (χ0n) is 9.49. The van der Waals surface area contributed by atoms with Crippen LogP contribution in [0.25, 0.3) is 0 Å². The van der Waals surface area contributed by atoms with Gasteiger partial charge in [-0.15, -0.1) is 0 Å². The third-order valence-electron chi connectivity index (χ3n) is 2.98. The molecule has 0 saturated heterocycles. The number of fused-ring (bicyclic) bond motifs is 1. The lowest BCUT2D eigenvalue weighted by molar-refractivity contribution is -0.119. The minimum Gasteiger partial charge on any atom is -0.358 e. The Balaban J connectivity index is 2.04. The Hall–Kier alpha value is -1.42. The third-order valence-corrected chi connectivity index (χ3v) is 2.98. The van der Waals surface area contributed by atoms with Crippen molar-refractivity contribution in [1.29, 1.82) is 0 Å². The molecule has 1 atom stereocenters. The summed E-state index contributed by atoms with van der Waals surface area (Å²) in [5.74, 6) is 0.0167. The van der Waals surface area contributed by atoms with E-state index in [2.05, 4.69) is 21.7 Å². The second kappa shape index (κ2) is 5.07. The van der Waals surface area contributed by atoms with Crippen LogP contribution < -0.4 is 10.6 Å². The van der Waals surface area contributed by atoms with Crippen LogP contribution in [-0.4, -0.2) is 24.5 Å². The normalized spacial score (nSPS) is 18.9. The summed E-state index contributed by atoms with van der Waals surface area (Å²) < 4.78 is 0. The molecule has 4 nitrogen and oxygen atoms in total. The average Bonchev–Trinajstić information content (AvgIpc) is 2.35. The molecule has 16 heavy (non-hydrogen) atoms. The number of hydrogen-bond acceptors (Lipinski definition) is 3. The van der Waals surface area contributed by atoms with Gasteiger partial charge in [0.2, 0.25) is 5.91 Å². The maximum Gasteiger partial charge on any atom is 0.233 e. The number of carbonyl (C=O) groups is 1. The van der Waals surface area contributed by atoms with Gasteiger partial charge in [0.05, 0.1) is 18.3 Å². The molecule has 0 saturated carbocycles. The number of nitrogens with one attached hydrogen (secondary N) is 2. The molecular formula is C12H17N3O. The summed E-state index contributed by atoms with van der Waals surface area (Å²) in [6.07, 6.45) is 5.13. The summed E-state index contributed by atoms with van der Waals surface area (Å²) in [5.41, 5.74) is 2.42. The van der Waals surface area contributed by atoms with E-state index >= 15 is 0 Å². The number of pyridine rings is 1. The van der Waals surface area contributed by atoms with Crippen LogP contribution in [0.4, 0.5) is 0 Å². The number of hydrogen-bond donors (Lipinski definition) is 2. The van der Waals surface area contributed by atoms with E-state index in [-0.39, 0.29) is 11.9 Å². The fourth-order valence-corrected chi connectivity index (χ4v) is 2.11. The molecule has 1 aromatic rings. The fourth-order valence-electron chi connectivity index (χ4n) is 2.11. The van der Waals surface area contributed by atoms with Gasteiger partial charge in [0.1, 0.15) is 0 Å². The number of rotatable bonds is 3. The van der Waals surface area contributed by atoms with Gasteiger partial charge in [-0.2, -0.15) is 0 Å². The number of amides is 1. The lowest BCUT2D eigenvalue weighted by atomic mass is 9.92. The van der Waals surface area contributed by atoms with Crippen molar-refractivity contribution in [1.82, 2.24) is 15.6 Å². The van der Waals surface area contributed by atoms with Gasteiger partial charge < -0.3 is 10.6 Å². The highest BCUT2D eigenvalue weighted by Gasteiger charge is 2.20. The van der Waals surface area contributed by atoms with E-state index in [4.69, 9.17) is 0 Å². The molecule has 1 unspecified atom stereocenters. The monoisotopic (exact) mass is 219 g/mol. The summed E-state index contributed by atoms with van der Waals surface area (Å²) in [5, 5.41) is 5.86. The van der Waals surface area contributed by atoms with Crippen LogP contribution in [0.5, 0.6) is 0 Å². The van der Waals surface area contributed by atoms with E-state index < -0.39 is 0 Å². The van der Waals surface area contributed by atoms with Crippen molar-refractivity contribution in [3.63, 3.8) is 0 Å². The van der Waals surface area contributed by atoms with Gasteiger partial charge in [0.15, 0.2) is 0 Å². The molecule has 1 heterocycles. The van der Waals surface area contributed by atoms with E-state index in [1.54, 1.807) is 7.05 Å². The maximum absolute atomic E-state index is 11.2. The van der Waals surface area contributed by atoms with Crippen molar-refractivity contribution >= 4 is 5.91 Å². The number of aromatic nitrogens is 1. The quantitative estimate of drug-likeness (QED) is 0.790. The van der Waals surface area contributed by atoms with Crippen LogP contribution in [0.1, 0.15) is 30.1 Å². The Morgan fingerprint density at radius 2 is 2.50 bits per heavy atom. The molecule has 86 valence electrons. The van der Waals surface area contributed by atoms with Crippen molar-refractivity contribution in [3.05, 3.63) is 29.6 Å². The minimum atomic E-state index is 0.0167. The predicted octanol–water partition coefficient (Wildman–Crippen LogP) is 0.795. The van der Waals surface area contributed by atoms with Gasteiger partial charge in [-0.25, -0.2) is 0 Å². The van der Waals surface area contributed by atoms with Crippen LogP contribution in [0.15, 0.2) is 18.3 Å². The number of likely N-dealkylation sites (N-methyl/N-ethyl adjacent to an activating group) is 1. The Labute approximate surface area is 95.5 Å². The number of nitrogens with zero attached hydrogens (tertiary/aromatic N) is 1. The standard InChI is InChI=1S/C12H17N3O/c1-13-11(16)8-15-10-6-2-4-9-5-3-7-14-12(9)10/h3,5,7,10,15H,2,4,6,8H2,1H3,(H,13,16). The molecule has 0 aliphatic heterocycles. The van der Waals surface area contributed by atoms with E-state index in [0.29, 0.717) is 6.54 Å². The van der Waals surface area contributed by atoms with E-state index in [1.165, 1.54) is 5.56 Å². The van der Waals surface area contributed by atoms with Crippen molar-refractivity contribution in [2.45, 2.75) is 25.3 Å². The van der Waals surface area contributed by atoms with Crippen LogP contribution >= 0.6 is 0 Å². The summed E-state index contributed by atoms with van der Waals surface area (Å²) >= 11 is 0. The average molecular weight is 219 g/mol. The molecule has 0 spiro atoms. The SMILES string of the molecule is CNC(=O)CNC1CCCc2cccnc21. The smallest absolute Gasteiger partial charge is 0.233 e. The number of carbonyl (C=O) groups excluding carboxylic acids is 1. The second-order valence-electron chi connectivity index (χ2n) is 4.05. The van der Waals surface area contributed by atoms with Crippen LogP contribution in [-0.2, 0) is 11.2 Å². The predicted molar refractivity (Wildman–Crippen MR) is 62.0 cm³/mol. The van der Waals surface area contributed by atoms with Crippen molar-refractivity contribution in [2.24, 2.45) is 0 Å². The Kier molecular flexibility index (Phi) is 3.51. The Morgan fingerprint density at radius 1 is 1.62 bits per heavy atom. The first-order chi connectivity index (χ1) is 7.81. The van der Waals surface area contributed by atoms with Crippen molar-refractivity contribution in [2.75, 3.05) is 13.6 Å². The van der Waals surface area contributed by atoms with Gasteiger partial charge >= 0.3 is 0 Å². The van der Waals surface area contributed by atoms with Crippen LogP contribution in [0.2, 0.25) is 0 Å². The third kappa shape index (κ3) is 2.39. The van der Waals surface area contributed by atoms with Crippen LogP contribution in [0, 0.1) is 0 Å². The molecule has 1 aromatic heterocycles. The molecule has 2 N–H and O–H groups in total. The highest BCUT2D eigenvalue weighted by molar-refractivity contribution is 5.77. The molecule has 1 amide bonds. The molecular weight excluding hydrogens is 202 g/mol. The highest BCUT2D eigenvalue weighted by atomic mass is 16.1. The second-order valence-corrected chi connectivity index (χ2v) is 4.05. The summed E-state index contributed by atoms with van der Waals surface area (Å²) in [6, 6.07) is 4.32. The van der Waals surface area contributed by atoms with Gasteiger partial charge in [-0.3, -0.25) is 9.78 Å². The van der Waals surface area contributed by atoms with E-state index in [9.17, 15) is 4.79 Å². The first-order valence-corrected chi connectivity index (χ1v) is 5.69. The summed E-state index contributed by atoms with van der Waals surface area (Å²) in [7, 11) is 1.65. The topological polar surface area (TPSA) is 54.0 Å². The summed E-state index contributed by atoms with van der Waals surface area (Å²) in [6.45, 7) is 0.358. The lowest BCUT2D eigenvalue weighted by Gasteiger charge is -2.24. The van der Waals surface area contributed by atoms with Gasteiger partial charge in [0.25, 0.3) is 0 Å². The molecule has 0 radical (unpaired) electrons. The molecule has 0 bridgehead atoms. The van der Waals surface area contributed by atoms with Gasteiger partial charge in [-0.05, 0) is 30.9 Å². The molecule has 2 rings (SSSR count). The molecule has 0 fully saturated rings. The lowest BCUT2D eigenvalue weighted by Crippen LogP contribution is -2.35. The fraction of sp³-hybridized carbons (Fsp3) is 0.500. The number of aryl methyl sites for hydroxylation is 1. The zero-order chi connectivity index (χ0) is 11.4. The summed E-state index contributed by atoms with van der Waals surface area (Å²) in [4.78, 5) is 15.6. The molecule has 4 heteroatoms. The highest BCUT2D eigenvalue weighted by Crippen LogP contribution is 2.27. The van der Waals surface area contributed by atoms with Crippen molar-refractivity contribution in [3.8, 4) is 0 Å². The Bertz CT molecular complexity index is 378. The maximum atomic E-state index is 11.2. The van der Waals surface area contributed by atoms with Crippen LogP contribution in [0.3, 0.4) is 0 Å². The van der Waals surface area contributed by atoms with Crippen molar-refractivity contribution < 1.29 is 4.79 Å².